The normalized spacial score (nSPS) is 19.4. The molecule has 1 atom stereocenters. The molecular weight excluding hydrogens is 380 g/mol. The Morgan fingerprint density at radius 3 is 2.28 bits per heavy atom. The fraction of sp³-hybridized carbons (Fsp3) is 0.158. The van der Waals surface area contributed by atoms with Gasteiger partial charge in [-0.1, -0.05) is 12.1 Å². The van der Waals surface area contributed by atoms with Crippen LogP contribution in [0.4, 0.5) is 11.4 Å². The second-order valence-corrected chi connectivity index (χ2v) is 6.47. The number of esters is 1. The van der Waals surface area contributed by atoms with E-state index in [2.05, 4.69) is 10.5 Å². The van der Waals surface area contributed by atoms with E-state index in [0.717, 1.165) is 4.90 Å². The van der Waals surface area contributed by atoms with Crippen LogP contribution in [0.25, 0.3) is 0 Å². The van der Waals surface area contributed by atoms with Crippen molar-refractivity contribution in [3.8, 4) is 0 Å². The molecule has 2 heterocycles. The maximum absolute atomic E-state index is 12.4. The highest BCUT2D eigenvalue weighted by molar-refractivity contribution is 6.38. The number of ether oxygens (including phenoxy) is 1. The number of nitrogens with one attached hydrogen (secondary N) is 1. The number of carbonyl (C=O) groups is 3. The van der Waals surface area contributed by atoms with E-state index in [0.29, 0.717) is 16.8 Å². The number of carbonyl (C=O) groups excluding carboxylic acids is 3. The molecule has 4 rings (SSSR count). The summed E-state index contributed by atoms with van der Waals surface area (Å²) in [6.07, 6.45) is -0.575. The van der Waals surface area contributed by atoms with Crippen LogP contribution in [0.1, 0.15) is 27.1 Å². The monoisotopic (exact) mass is 394 g/mol. The Morgan fingerprint density at radius 1 is 1.07 bits per heavy atom. The number of nitro groups is 1. The van der Waals surface area contributed by atoms with Crippen molar-refractivity contribution in [2.24, 2.45) is 5.10 Å². The van der Waals surface area contributed by atoms with Crippen molar-refractivity contribution in [1.82, 2.24) is 4.90 Å². The first-order valence-corrected chi connectivity index (χ1v) is 8.67. The fourth-order valence-electron chi connectivity index (χ4n) is 3.15. The zero-order valence-corrected chi connectivity index (χ0v) is 14.9. The molecule has 2 amide bonds. The van der Waals surface area contributed by atoms with Crippen LogP contribution in [0.5, 0.6) is 0 Å². The lowest BCUT2D eigenvalue weighted by atomic mass is 10.1. The number of hydrogen-bond acceptors (Lipinski definition) is 8. The summed E-state index contributed by atoms with van der Waals surface area (Å²) in [5, 5.41) is 14.6. The van der Waals surface area contributed by atoms with Gasteiger partial charge in [-0.3, -0.25) is 30.0 Å². The van der Waals surface area contributed by atoms with Crippen molar-refractivity contribution in [2.45, 2.75) is 12.5 Å². The number of nitrogens with zero attached hydrogens (tertiary/aromatic N) is 3. The van der Waals surface area contributed by atoms with E-state index < -0.39 is 28.8 Å². The molecule has 0 spiro atoms. The largest absolute Gasteiger partial charge is 0.456 e. The Balaban J connectivity index is 1.41. The summed E-state index contributed by atoms with van der Waals surface area (Å²) in [4.78, 5) is 48.1. The molecule has 29 heavy (non-hydrogen) atoms. The quantitative estimate of drug-likeness (QED) is 0.355. The van der Waals surface area contributed by atoms with Gasteiger partial charge < -0.3 is 4.74 Å². The summed E-state index contributed by atoms with van der Waals surface area (Å²) >= 11 is 0. The number of cyclic esters (lactones) is 1. The smallest absolute Gasteiger partial charge is 0.354 e. The number of anilines is 1. The van der Waals surface area contributed by atoms with E-state index >= 15 is 0 Å². The van der Waals surface area contributed by atoms with E-state index in [4.69, 9.17) is 4.74 Å². The molecule has 1 fully saturated rings. The third kappa shape index (κ3) is 3.43. The van der Waals surface area contributed by atoms with Gasteiger partial charge in [-0.25, -0.2) is 4.79 Å². The molecule has 0 aliphatic carbocycles. The lowest BCUT2D eigenvalue weighted by molar-refractivity contribution is -0.384. The highest BCUT2D eigenvalue weighted by Gasteiger charge is 2.40. The van der Waals surface area contributed by atoms with Gasteiger partial charge >= 0.3 is 5.97 Å². The lowest BCUT2D eigenvalue weighted by Crippen LogP contribution is -2.36. The Morgan fingerprint density at radius 2 is 1.69 bits per heavy atom. The Labute approximate surface area is 163 Å². The first-order chi connectivity index (χ1) is 13.9. The second kappa shape index (κ2) is 7.15. The van der Waals surface area contributed by atoms with Gasteiger partial charge in [0.2, 0.25) is 0 Å². The number of imide groups is 1. The van der Waals surface area contributed by atoms with Gasteiger partial charge in [0.15, 0.2) is 0 Å². The molecular formula is C19H14N4O6. The standard InChI is InChI=1S/C19H14N4O6/c24-17-14-3-1-2-4-15(14)18(25)22(17)10-13-9-16(19(26)29-13)21-20-11-5-7-12(8-6-11)23(27)28/h1-8,13,20H,9-10H2/b21-16+/t13-/m0/s1. The van der Waals surface area contributed by atoms with E-state index in [9.17, 15) is 24.5 Å². The molecule has 0 unspecified atom stereocenters. The SMILES string of the molecule is O=C1O[C@H](CN2C(=O)c3ccccc3C2=O)C/C1=N\Nc1ccc([N+](=O)[O-])cc1. The molecule has 2 aromatic rings. The van der Waals surface area contributed by atoms with Crippen LogP contribution in [0.3, 0.4) is 0 Å². The zero-order valence-electron chi connectivity index (χ0n) is 14.9. The summed E-state index contributed by atoms with van der Waals surface area (Å²) in [5.74, 6) is -1.49. The average molecular weight is 394 g/mol. The summed E-state index contributed by atoms with van der Waals surface area (Å²) < 4.78 is 5.23. The van der Waals surface area contributed by atoms with Crippen LogP contribution in [-0.2, 0) is 9.53 Å². The number of nitro benzene ring substituents is 1. The topological polar surface area (TPSA) is 131 Å². The van der Waals surface area contributed by atoms with Gasteiger partial charge in [0, 0.05) is 18.6 Å². The molecule has 1 N–H and O–H groups in total. The molecule has 0 saturated carbocycles. The Hall–Kier alpha value is -4.08. The van der Waals surface area contributed by atoms with E-state index in [1.54, 1.807) is 24.3 Å². The predicted octanol–water partition coefficient (Wildman–Crippen LogP) is 1.97. The third-order valence-electron chi connectivity index (χ3n) is 4.59. The fourth-order valence-corrected chi connectivity index (χ4v) is 3.15. The van der Waals surface area contributed by atoms with Crippen LogP contribution in [0.2, 0.25) is 0 Å². The van der Waals surface area contributed by atoms with Gasteiger partial charge in [-0.2, -0.15) is 5.10 Å². The summed E-state index contributed by atoms with van der Waals surface area (Å²) in [6.45, 7) is -0.0609. The highest BCUT2D eigenvalue weighted by atomic mass is 16.6. The minimum absolute atomic E-state index is 0.0609. The Bertz CT molecular complexity index is 1030. The molecule has 2 aliphatic rings. The molecule has 1 saturated heterocycles. The van der Waals surface area contributed by atoms with Crippen molar-refractivity contribution in [3.63, 3.8) is 0 Å². The van der Waals surface area contributed by atoms with Crippen molar-refractivity contribution in [1.29, 1.82) is 0 Å². The van der Waals surface area contributed by atoms with Crippen LogP contribution >= 0.6 is 0 Å². The van der Waals surface area contributed by atoms with Gasteiger partial charge in [-0.05, 0) is 24.3 Å². The number of hydrogen-bond donors (Lipinski definition) is 1. The minimum atomic E-state index is -0.692. The highest BCUT2D eigenvalue weighted by Crippen LogP contribution is 2.25. The molecule has 0 radical (unpaired) electrons. The van der Waals surface area contributed by atoms with E-state index in [1.807, 2.05) is 0 Å². The molecule has 10 heteroatoms. The number of benzene rings is 2. The zero-order chi connectivity index (χ0) is 20.5. The van der Waals surface area contributed by atoms with E-state index in [-0.39, 0.29) is 24.4 Å². The van der Waals surface area contributed by atoms with Crippen molar-refractivity contribution < 1.29 is 24.0 Å². The number of rotatable bonds is 5. The number of fused-ring (bicyclic) bond motifs is 1. The first-order valence-electron chi connectivity index (χ1n) is 8.67. The summed E-state index contributed by atoms with van der Waals surface area (Å²) in [6, 6.07) is 12.0. The summed E-state index contributed by atoms with van der Waals surface area (Å²) in [7, 11) is 0. The maximum atomic E-state index is 12.4. The van der Waals surface area contributed by atoms with Crippen LogP contribution in [0.15, 0.2) is 53.6 Å². The van der Waals surface area contributed by atoms with Crippen LogP contribution in [0, 0.1) is 10.1 Å². The van der Waals surface area contributed by atoms with Crippen molar-refractivity contribution in [2.75, 3.05) is 12.0 Å². The maximum Gasteiger partial charge on any atom is 0.354 e. The number of amides is 2. The van der Waals surface area contributed by atoms with Crippen molar-refractivity contribution in [3.05, 3.63) is 69.8 Å². The lowest BCUT2D eigenvalue weighted by Gasteiger charge is -2.17. The van der Waals surface area contributed by atoms with Gasteiger partial charge in [-0.15, -0.1) is 0 Å². The second-order valence-electron chi connectivity index (χ2n) is 6.47. The van der Waals surface area contributed by atoms with Crippen LogP contribution < -0.4 is 5.43 Å². The van der Waals surface area contributed by atoms with Crippen LogP contribution in [-0.4, -0.2) is 46.0 Å². The molecule has 10 nitrogen and oxygen atoms in total. The number of hydrazone groups is 1. The molecule has 2 aromatic carbocycles. The van der Waals surface area contributed by atoms with Gasteiger partial charge in [0.1, 0.15) is 11.8 Å². The van der Waals surface area contributed by atoms with Gasteiger partial charge in [0.25, 0.3) is 17.5 Å². The first kappa shape index (κ1) is 18.3. The summed E-state index contributed by atoms with van der Waals surface area (Å²) in [5.41, 5.74) is 3.80. The Kier molecular flexibility index (Phi) is 4.51. The van der Waals surface area contributed by atoms with E-state index in [1.165, 1.54) is 24.3 Å². The minimum Gasteiger partial charge on any atom is -0.456 e. The molecule has 0 aromatic heterocycles. The predicted molar refractivity (Wildman–Crippen MR) is 100 cm³/mol. The molecule has 146 valence electrons. The molecule has 0 bridgehead atoms. The third-order valence-corrected chi connectivity index (χ3v) is 4.59. The van der Waals surface area contributed by atoms with Gasteiger partial charge in [0.05, 0.1) is 28.3 Å². The molecule has 2 aliphatic heterocycles. The van der Waals surface area contributed by atoms with Crippen molar-refractivity contribution >= 4 is 34.9 Å². The average Bonchev–Trinajstić information content (AvgIpc) is 3.19. The number of non-ortho nitro benzene ring substituents is 1.